The molecule has 23 heteroatoms. The van der Waals surface area contributed by atoms with Gasteiger partial charge in [-0.2, -0.15) is 26.3 Å². The number of oxazole rings is 2. The molecule has 0 aliphatic heterocycles. The number of aldehydes is 1. The Morgan fingerprint density at radius 2 is 1.13 bits per heavy atom. The van der Waals surface area contributed by atoms with Crippen LogP contribution in [0.3, 0.4) is 0 Å². The number of rotatable bonds is 10. The first-order chi connectivity index (χ1) is 25.8. The van der Waals surface area contributed by atoms with Gasteiger partial charge in [0.2, 0.25) is 11.8 Å². The number of carbonyl (C=O) groups is 1. The van der Waals surface area contributed by atoms with Crippen LogP contribution in [0.1, 0.15) is 29.8 Å². The average Bonchev–Trinajstić information content (AvgIpc) is 3.74. The van der Waals surface area contributed by atoms with Crippen LogP contribution in [0.15, 0.2) is 94.5 Å². The Hall–Kier alpha value is -5.00. The van der Waals surface area contributed by atoms with Crippen LogP contribution in [0.5, 0.6) is 0 Å². The highest BCUT2D eigenvalue weighted by atomic mass is 32.2. The molecule has 6 rings (SSSR count). The fraction of sp³-hybridized carbons (Fsp3) is 0.188. The molecule has 0 amide bonds. The first-order valence-electron chi connectivity index (χ1n) is 15.2. The Kier molecular flexibility index (Phi) is 12.0. The van der Waals surface area contributed by atoms with Crippen LogP contribution < -0.4 is 0 Å². The van der Waals surface area contributed by atoms with Gasteiger partial charge in [-0.25, -0.2) is 36.8 Å². The van der Waals surface area contributed by atoms with Crippen LogP contribution in [0.2, 0.25) is 0 Å². The van der Waals surface area contributed by atoms with Crippen molar-refractivity contribution >= 4 is 77.9 Å². The molecule has 0 atom stereocenters. The zero-order valence-electron chi connectivity index (χ0n) is 27.8. The first-order valence-corrected chi connectivity index (χ1v) is 20.1. The van der Waals surface area contributed by atoms with Crippen LogP contribution >= 0.6 is 23.5 Å². The molecule has 0 fully saturated rings. The monoisotopic (exact) mass is 847 g/mol. The second-order valence-electron chi connectivity index (χ2n) is 10.8. The molecule has 0 bridgehead atoms. The van der Waals surface area contributed by atoms with Crippen LogP contribution in [-0.2, 0) is 19.7 Å². The Labute approximate surface area is 315 Å². The molecule has 0 spiro atoms. The highest BCUT2D eigenvalue weighted by Gasteiger charge is 2.31. The van der Waals surface area contributed by atoms with E-state index in [0.717, 1.165) is 18.5 Å². The van der Waals surface area contributed by atoms with Crippen LogP contribution in [-0.4, -0.2) is 77.0 Å². The van der Waals surface area contributed by atoms with E-state index in [2.05, 4.69) is 25.1 Å². The van der Waals surface area contributed by atoms with E-state index in [0.29, 0.717) is 6.29 Å². The predicted molar refractivity (Wildman–Crippen MR) is 189 cm³/mol. The molecule has 6 aromatic rings. The molecule has 4 heterocycles. The minimum absolute atomic E-state index is 0.0609. The minimum atomic E-state index is -4.45. The van der Waals surface area contributed by atoms with E-state index < -0.39 is 30.7 Å². The fourth-order valence-electron chi connectivity index (χ4n) is 4.64. The van der Waals surface area contributed by atoms with Crippen molar-refractivity contribution in [1.29, 1.82) is 0 Å². The van der Waals surface area contributed by atoms with Crippen molar-refractivity contribution in [1.82, 2.24) is 19.9 Å². The number of hydrogen-bond acceptors (Lipinski definition) is 15. The Morgan fingerprint density at radius 3 is 1.51 bits per heavy atom. The Balaban J connectivity index is 0.000000211. The van der Waals surface area contributed by atoms with Gasteiger partial charge < -0.3 is 14.0 Å². The summed E-state index contributed by atoms with van der Waals surface area (Å²) in [6.45, 7) is 2.87. The molecule has 1 N–H and O–H groups in total. The largest absolute Gasteiger partial charge is 0.446 e. The lowest BCUT2D eigenvalue weighted by atomic mass is 10.2. The van der Waals surface area contributed by atoms with E-state index >= 15 is 0 Å². The SMILES string of the molecule is CCS(=O)(=O)c1cc(/C=N/O)cnc1-c1nc2cc(SC(F)(F)F)ccc2o1.CCS(=O)(=O)c1cc(C=O)cnc1-c1nc2cc(SC(F)(F)F)ccc2o1. The second kappa shape index (κ2) is 16.0. The lowest BCUT2D eigenvalue weighted by Crippen LogP contribution is -2.08. The van der Waals surface area contributed by atoms with E-state index in [1.165, 1.54) is 62.5 Å². The predicted octanol–water partition coefficient (Wildman–Crippen LogP) is 8.21. The summed E-state index contributed by atoms with van der Waals surface area (Å²) >= 11 is -0.588. The minimum Gasteiger partial charge on any atom is -0.435 e. The number of nitrogens with zero attached hydrogens (tertiary/aromatic N) is 5. The Bertz CT molecular complexity index is 2650. The zero-order chi connectivity index (χ0) is 40.3. The van der Waals surface area contributed by atoms with Gasteiger partial charge in [0.25, 0.3) is 0 Å². The van der Waals surface area contributed by atoms with Crippen LogP contribution in [0.25, 0.3) is 45.4 Å². The van der Waals surface area contributed by atoms with Crippen molar-refractivity contribution in [2.24, 2.45) is 5.16 Å². The highest BCUT2D eigenvalue weighted by molar-refractivity contribution is 8.00. The number of carbonyl (C=O) groups excluding carboxylic acids is 1. The molecule has 13 nitrogen and oxygen atoms in total. The number of hydrogen-bond donors (Lipinski definition) is 1. The summed E-state index contributed by atoms with van der Waals surface area (Å²) in [5, 5.41) is 11.5. The third-order valence-corrected chi connectivity index (χ3v) is 12.0. The van der Waals surface area contributed by atoms with E-state index in [1.807, 2.05) is 0 Å². The van der Waals surface area contributed by atoms with Crippen molar-refractivity contribution in [3.05, 3.63) is 72.1 Å². The maximum atomic E-state index is 12.5. The summed E-state index contributed by atoms with van der Waals surface area (Å²) < 4.78 is 136. The van der Waals surface area contributed by atoms with E-state index in [9.17, 15) is 48.0 Å². The molecule has 0 saturated carbocycles. The molecule has 0 saturated heterocycles. The summed E-state index contributed by atoms with van der Waals surface area (Å²) in [7, 11) is -7.50. The van der Waals surface area contributed by atoms with Crippen molar-refractivity contribution in [3.8, 4) is 23.2 Å². The molecule has 55 heavy (non-hydrogen) atoms. The van der Waals surface area contributed by atoms with Gasteiger partial charge in [0.15, 0.2) is 37.1 Å². The first kappa shape index (κ1) is 41.2. The molecule has 0 unspecified atom stereocenters. The number of aromatic nitrogens is 4. The molecule has 290 valence electrons. The van der Waals surface area contributed by atoms with E-state index in [-0.39, 0.29) is 111 Å². The number of benzene rings is 2. The maximum Gasteiger partial charge on any atom is 0.446 e. The average molecular weight is 848 g/mol. The number of halogens is 6. The van der Waals surface area contributed by atoms with E-state index in [1.54, 1.807) is 0 Å². The number of oxime groups is 1. The van der Waals surface area contributed by atoms with Crippen molar-refractivity contribution < 1.29 is 62.0 Å². The molecular formula is C32H23F6N5O8S4. The van der Waals surface area contributed by atoms with Gasteiger partial charge in [-0.1, -0.05) is 19.0 Å². The van der Waals surface area contributed by atoms with E-state index in [4.69, 9.17) is 14.0 Å². The second-order valence-corrected chi connectivity index (χ2v) is 17.6. The molecular weight excluding hydrogens is 825 g/mol. The third kappa shape index (κ3) is 10.0. The summed E-state index contributed by atoms with van der Waals surface area (Å²) in [5.74, 6) is -0.780. The Morgan fingerprint density at radius 1 is 0.709 bits per heavy atom. The van der Waals surface area contributed by atoms with Gasteiger partial charge in [-0.05, 0) is 72.1 Å². The normalized spacial score (nSPS) is 12.7. The van der Waals surface area contributed by atoms with Gasteiger partial charge in [0, 0.05) is 33.3 Å². The fourth-order valence-corrected chi connectivity index (χ4v) is 7.91. The number of fused-ring (bicyclic) bond motifs is 2. The topological polar surface area (TPSA) is 196 Å². The number of sulfone groups is 2. The van der Waals surface area contributed by atoms with Crippen LogP contribution in [0, 0.1) is 0 Å². The van der Waals surface area contributed by atoms with Gasteiger partial charge in [-0.3, -0.25) is 4.79 Å². The zero-order valence-corrected chi connectivity index (χ0v) is 31.1. The quantitative estimate of drug-likeness (QED) is 0.0346. The summed E-state index contributed by atoms with van der Waals surface area (Å²) in [6, 6.07) is 9.88. The smallest absolute Gasteiger partial charge is 0.435 e. The number of alkyl halides is 6. The standard InChI is InChI=1S/C16H12F3N3O4S2.C16H11F3N2O4S2/c1-2-28(24,25)13-5-9(8-21-23)7-20-14(13)15-22-11-6-10(27-16(17,18)19)3-4-12(11)26-15;1-2-27(23,24)13-5-9(8-22)7-20-14(13)15-21-11-6-10(26-16(17,18)19)3-4-12(11)25-15/h3-8,23H,2H2,1H3;3-8H,2H2,1H3/b21-8+;. The van der Waals surface area contributed by atoms with Crippen molar-refractivity contribution in [3.63, 3.8) is 0 Å². The van der Waals surface area contributed by atoms with Crippen molar-refractivity contribution in [2.45, 2.75) is 44.4 Å². The van der Waals surface area contributed by atoms with Gasteiger partial charge in [0.1, 0.15) is 22.4 Å². The van der Waals surface area contributed by atoms with Gasteiger partial charge in [0.05, 0.1) is 27.5 Å². The maximum absolute atomic E-state index is 12.5. The molecule has 0 aliphatic rings. The number of thioether (sulfide) groups is 2. The molecule has 0 aliphatic carbocycles. The van der Waals surface area contributed by atoms with Crippen LogP contribution in [0.4, 0.5) is 26.3 Å². The molecule has 2 aromatic carbocycles. The molecule has 0 radical (unpaired) electrons. The number of pyridine rings is 2. The summed E-state index contributed by atoms with van der Waals surface area (Å²) in [5.41, 5.74) is -8.18. The van der Waals surface area contributed by atoms with Gasteiger partial charge in [-0.15, -0.1) is 0 Å². The third-order valence-electron chi connectivity index (χ3n) is 7.11. The summed E-state index contributed by atoms with van der Waals surface area (Å²) in [4.78, 5) is 26.5. The van der Waals surface area contributed by atoms with Crippen molar-refractivity contribution in [2.75, 3.05) is 11.5 Å². The lowest BCUT2D eigenvalue weighted by molar-refractivity contribution is -0.0337. The molecule has 4 aromatic heterocycles. The van der Waals surface area contributed by atoms with Gasteiger partial charge >= 0.3 is 11.0 Å². The highest BCUT2D eigenvalue weighted by Crippen LogP contribution is 2.40. The summed E-state index contributed by atoms with van der Waals surface area (Å²) in [6.07, 6.45) is 3.89. The lowest BCUT2D eigenvalue weighted by Gasteiger charge is -2.06.